The molecule has 0 amide bonds. The van der Waals surface area contributed by atoms with Crippen molar-refractivity contribution in [1.82, 2.24) is 4.72 Å². The van der Waals surface area contributed by atoms with Crippen molar-refractivity contribution in [3.05, 3.63) is 35.4 Å². The maximum atomic E-state index is 11.7. The molecule has 0 saturated heterocycles. The predicted octanol–water partition coefficient (Wildman–Crippen LogP) is 0.304. The van der Waals surface area contributed by atoms with Crippen LogP contribution in [0.15, 0.2) is 29.4 Å². The van der Waals surface area contributed by atoms with E-state index in [-0.39, 0.29) is 12.2 Å². The van der Waals surface area contributed by atoms with Crippen LogP contribution >= 0.6 is 0 Å². The number of nitrogens with two attached hydrogens (primary N) is 1. The molecule has 0 aliphatic carbocycles. The Labute approximate surface area is 123 Å². The third kappa shape index (κ3) is 5.92. The normalized spacial score (nSPS) is 13.4. The van der Waals surface area contributed by atoms with E-state index >= 15 is 0 Å². The number of carboxylic acids is 1. The van der Waals surface area contributed by atoms with Crippen molar-refractivity contribution in [3.8, 4) is 0 Å². The van der Waals surface area contributed by atoms with E-state index in [2.05, 4.69) is 9.82 Å². The van der Waals surface area contributed by atoms with E-state index in [0.29, 0.717) is 12.0 Å². The van der Waals surface area contributed by atoms with Crippen LogP contribution in [0.5, 0.6) is 0 Å². The van der Waals surface area contributed by atoms with Gasteiger partial charge in [-0.1, -0.05) is 31.2 Å². The minimum Gasteiger partial charge on any atom is -0.480 e. The van der Waals surface area contributed by atoms with Gasteiger partial charge in [0.1, 0.15) is 6.04 Å². The van der Waals surface area contributed by atoms with Gasteiger partial charge in [-0.25, -0.2) is 13.1 Å². The van der Waals surface area contributed by atoms with Crippen LogP contribution in [0.25, 0.3) is 0 Å². The second kappa shape index (κ2) is 7.75. The van der Waals surface area contributed by atoms with E-state index in [0.717, 1.165) is 5.56 Å². The first kappa shape index (κ1) is 17.1. The van der Waals surface area contributed by atoms with Crippen molar-refractivity contribution >= 4 is 22.2 Å². The molecule has 0 bridgehead atoms. The maximum absolute atomic E-state index is 11.7. The lowest BCUT2D eigenvalue weighted by atomic mass is 10.0. The zero-order chi connectivity index (χ0) is 15.9. The maximum Gasteiger partial charge on any atom is 0.322 e. The Morgan fingerprint density at radius 3 is 2.81 bits per heavy atom. The number of nitrogens with zero attached hydrogens (tertiary/aromatic N) is 1. The summed E-state index contributed by atoms with van der Waals surface area (Å²) in [5.74, 6) is 3.74. The molecule has 0 radical (unpaired) electrons. The van der Waals surface area contributed by atoms with Crippen LogP contribution in [-0.4, -0.2) is 37.5 Å². The van der Waals surface area contributed by atoms with Gasteiger partial charge in [0, 0.05) is 0 Å². The minimum absolute atomic E-state index is 0.0462. The Kier molecular flexibility index (Phi) is 6.32. The van der Waals surface area contributed by atoms with E-state index < -0.39 is 22.0 Å². The molecule has 0 fully saturated rings. The first-order valence-electron chi connectivity index (χ1n) is 6.43. The van der Waals surface area contributed by atoms with Gasteiger partial charge in [0.2, 0.25) is 10.0 Å². The van der Waals surface area contributed by atoms with Crippen LogP contribution < -0.4 is 10.6 Å². The number of hydrogen-bond acceptors (Lipinski definition) is 5. The van der Waals surface area contributed by atoms with Gasteiger partial charge in [0.25, 0.3) is 0 Å². The van der Waals surface area contributed by atoms with Gasteiger partial charge in [0.05, 0.1) is 12.0 Å². The average Bonchev–Trinajstić information content (AvgIpc) is 2.38. The summed E-state index contributed by atoms with van der Waals surface area (Å²) >= 11 is 0. The fourth-order valence-corrected chi connectivity index (χ4v) is 3.12. The van der Waals surface area contributed by atoms with E-state index in [1.165, 1.54) is 6.21 Å². The average molecular weight is 313 g/mol. The van der Waals surface area contributed by atoms with Crippen molar-refractivity contribution in [3.63, 3.8) is 0 Å². The Hall–Kier alpha value is -1.93. The van der Waals surface area contributed by atoms with E-state index in [9.17, 15) is 13.2 Å². The monoisotopic (exact) mass is 313 g/mol. The summed E-state index contributed by atoms with van der Waals surface area (Å²) < 4.78 is 25.6. The summed E-state index contributed by atoms with van der Waals surface area (Å²) in [7, 11) is -3.59. The third-order valence-corrected chi connectivity index (χ3v) is 4.30. The summed E-state index contributed by atoms with van der Waals surface area (Å²) in [4.78, 5) is 11.2. The van der Waals surface area contributed by atoms with Gasteiger partial charge < -0.3 is 10.9 Å². The fraction of sp³-hybridized carbons (Fsp3) is 0.385. The predicted molar refractivity (Wildman–Crippen MR) is 80.6 cm³/mol. The molecule has 1 aromatic carbocycles. The fourth-order valence-electron chi connectivity index (χ4n) is 1.85. The molecule has 0 saturated carbocycles. The van der Waals surface area contributed by atoms with Crippen molar-refractivity contribution in [2.45, 2.75) is 25.8 Å². The highest BCUT2D eigenvalue weighted by molar-refractivity contribution is 7.89. The number of carbonyl (C=O) groups is 1. The highest BCUT2D eigenvalue weighted by Gasteiger charge is 2.23. The first-order chi connectivity index (χ1) is 9.88. The number of rotatable bonds is 8. The Balaban J connectivity index is 2.89. The van der Waals surface area contributed by atoms with E-state index in [4.69, 9.17) is 10.9 Å². The van der Waals surface area contributed by atoms with Gasteiger partial charge in [0.15, 0.2) is 0 Å². The van der Waals surface area contributed by atoms with Crippen LogP contribution in [0.2, 0.25) is 0 Å². The molecular formula is C13H19N3O4S. The Morgan fingerprint density at radius 1 is 1.52 bits per heavy atom. The highest BCUT2D eigenvalue weighted by atomic mass is 32.2. The molecule has 0 heterocycles. The molecule has 0 unspecified atom stereocenters. The molecule has 21 heavy (non-hydrogen) atoms. The minimum atomic E-state index is -3.59. The van der Waals surface area contributed by atoms with Crippen molar-refractivity contribution in [2.75, 3.05) is 5.75 Å². The summed E-state index contributed by atoms with van der Waals surface area (Å²) in [5, 5.41) is 12.6. The molecule has 4 N–H and O–H groups in total. The lowest BCUT2D eigenvalue weighted by molar-refractivity contribution is -0.138. The van der Waals surface area contributed by atoms with Crippen LogP contribution in [0.3, 0.4) is 0 Å². The molecule has 0 aliphatic rings. The SMILES string of the molecule is CCCS(=O)(=O)N[C@@H](Cc1cccc(C=NN)c1)C(=O)O. The standard InChI is InChI=1S/C13H19N3O4S/c1-2-6-21(19,20)16-12(13(17)18)8-10-4-3-5-11(7-10)9-15-14/h3-5,7,9,12,16H,2,6,8,14H2,1H3,(H,17,18)/t12-/m0/s1. The Bertz CT molecular complexity index is 614. The molecule has 116 valence electrons. The number of nitrogens with one attached hydrogen (secondary N) is 1. The van der Waals surface area contributed by atoms with Crippen LogP contribution in [0.1, 0.15) is 24.5 Å². The number of carboxylic acid groups (broad SMARTS) is 1. The van der Waals surface area contributed by atoms with Gasteiger partial charge in [-0.2, -0.15) is 5.10 Å². The van der Waals surface area contributed by atoms with Gasteiger partial charge in [-0.3, -0.25) is 4.79 Å². The topological polar surface area (TPSA) is 122 Å². The quantitative estimate of drug-likeness (QED) is 0.362. The molecule has 7 nitrogen and oxygen atoms in total. The molecule has 1 atom stereocenters. The molecule has 8 heteroatoms. The molecular weight excluding hydrogens is 294 g/mol. The summed E-state index contributed by atoms with van der Waals surface area (Å²) in [5.41, 5.74) is 1.40. The second-order valence-corrected chi connectivity index (χ2v) is 6.43. The zero-order valence-corrected chi connectivity index (χ0v) is 12.5. The summed E-state index contributed by atoms with van der Waals surface area (Å²) in [6.07, 6.45) is 1.90. The highest BCUT2D eigenvalue weighted by Crippen LogP contribution is 2.08. The molecule has 0 aliphatic heterocycles. The zero-order valence-electron chi connectivity index (χ0n) is 11.7. The lowest BCUT2D eigenvalue weighted by Gasteiger charge is -2.14. The number of hydrazone groups is 1. The lowest BCUT2D eigenvalue weighted by Crippen LogP contribution is -2.43. The molecule has 1 aromatic rings. The second-order valence-electron chi connectivity index (χ2n) is 4.55. The molecule has 0 aromatic heterocycles. The summed E-state index contributed by atoms with van der Waals surface area (Å²) in [6, 6.07) is 5.72. The van der Waals surface area contributed by atoms with E-state index in [1.54, 1.807) is 31.2 Å². The number of hydrogen-bond donors (Lipinski definition) is 3. The largest absolute Gasteiger partial charge is 0.480 e. The van der Waals surface area contributed by atoms with Crippen molar-refractivity contribution in [2.24, 2.45) is 10.9 Å². The molecule has 1 rings (SSSR count). The van der Waals surface area contributed by atoms with Crippen LogP contribution in [0.4, 0.5) is 0 Å². The number of sulfonamides is 1. The molecule has 0 spiro atoms. The third-order valence-electron chi connectivity index (χ3n) is 2.71. The first-order valence-corrected chi connectivity index (χ1v) is 8.08. The number of benzene rings is 1. The van der Waals surface area contributed by atoms with Crippen LogP contribution in [0, 0.1) is 0 Å². The van der Waals surface area contributed by atoms with Gasteiger partial charge in [-0.15, -0.1) is 0 Å². The van der Waals surface area contributed by atoms with Gasteiger partial charge >= 0.3 is 5.97 Å². The smallest absolute Gasteiger partial charge is 0.322 e. The Morgan fingerprint density at radius 2 is 2.24 bits per heavy atom. The summed E-state index contributed by atoms with van der Waals surface area (Å²) in [6.45, 7) is 1.71. The van der Waals surface area contributed by atoms with Crippen molar-refractivity contribution in [1.29, 1.82) is 0 Å². The van der Waals surface area contributed by atoms with Crippen LogP contribution in [-0.2, 0) is 21.2 Å². The van der Waals surface area contributed by atoms with Crippen molar-refractivity contribution < 1.29 is 18.3 Å². The van der Waals surface area contributed by atoms with E-state index in [1.807, 2.05) is 0 Å². The number of aliphatic carboxylic acids is 1. The van der Waals surface area contributed by atoms with Gasteiger partial charge in [-0.05, 0) is 24.0 Å².